The Morgan fingerprint density at radius 1 is 0.941 bits per heavy atom. The zero-order chi connectivity index (χ0) is 24.6. The van der Waals surface area contributed by atoms with Crippen molar-refractivity contribution in [2.45, 2.75) is 23.8 Å². The van der Waals surface area contributed by atoms with Crippen molar-refractivity contribution in [3.8, 4) is 28.7 Å². The lowest BCUT2D eigenvalue weighted by Gasteiger charge is -2.54. The summed E-state index contributed by atoms with van der Waals surface area (Å²) in [6, 6.07) is 4.84. The third kappa shape index (κ3) is 2.76. The van der Waals surface area contributed by atoms with E-state index in [1.54, 1.807) is 0 Å². The average Bonchev–Trinajstić information content (AvgIpc) is 2.75. The number of ether oxygens (including phenoxy) is 3. The van der Waals surface area contributed by atoms with Crippen molar-refractivity contribution in [3.63, 3.8) is 0 Å². The van der Waals surface area contributed by atoms with Gasteiger partial charge in [-0.2, -0.15) is 0 Å². The Bertz CT molecular complexity index is 1330. The topological polar surface area (TPSA) is 203 Å². The van der Waals surface area contributed by atoms with Crippen LogP contribution >= 0.6 is 0 Å². The van der Waals surface area contributed by atoms with Crippen molar-refractivity contribution in [3.05, 3.63) is 64.9 Å². The van der Waals surface area contributed by atoms with Crippen molar-refractivity contribution >= 4 is 11.8 Å². The Hall–Kier alpha value is -4.26. The first-order chi connectivity index (χ1) is 16.0. The van der Waals surface area contributed by atoms with Gasteiger partial charge in [-0.1, -0.05) is 0 Å². The highest BCUT2D eigenvalue weighted by molar-refractivity contribution is 6.08. The van der Waals surface area contributed by atoms with Gasteiger partial charge in [0.15, 0.2) is 11.5 Å². The lowest BCUT2D eigenvalue weighted by atomic mass is 9.83. The maximum Gasteiger partial charge on any atom is 0.335 e. The standard InChI is InChI=1S/C22H16O12/c23-10-6-13(26)17-15(7-10)33-22(9-1-2-11(24)12(25)5-9)21(31,19(17)28)32-16-4-8(20(29)30)3-14(27)18(16)34-22/h1-7,16,18,23-27,31H,(H,29,30). The number of benzene rings is 2. The lowest BCUT2D eigenvalue weighted by Crippen LogP contribution is -2.72. The number of aromatic hydroxyl groups is 4. The Labute approximate surface area is 189 Å². The van der Waals surface area contributed by atoms with E-state index in [9.17, 15) is 45.3 Å². The van der Waals surface area contributed by atoms with Gasteiger partial charge in [-0.3, -0.25) is 4.79 Å². The quantitative estimate of drug-likeness (QED) is 0.304. The average molecular weight is 472 g/mol. The van der Waals surface area contributed by atoms with Crippen molar-refractivity contribution in [1.82, 2.24) is 0 Å². The summed E-state index contributed by atoms with van der Waals surface area (Å²) in [5.41, 5.74) is -1.23. The molecule has 2 heterocycles. The van der Waals surface area contributed by atoms with E-state index < -0.39 is 81.2 Å². The molecule has 1 saturated heterocycles. The molecule has 12 nitrogen and oxygen atoms in total. The SMILES string of the molecule is O=C(O)C1=CC2OC3(O)C(=O)c4c(O)cc(O)cc4OC3(c3ccc(O)c(O)c3)OC2C(O)=C1. The minimum Gasteiger partial charge on any atom is -0.509 e. The Morgan fingerprint density at radius 3 is 2.35 bits per heavy atom. The highest BCUT2D eigenvalue weighted by Gasteiger charge is 2.71. The number of carboxylic acids is 1. The summed E-state index contributed by atoms with van der Waals surface area (Å²) in [7, 11) is 0. The summed E-state index contributed by atoms with van der Waals surface area (Å²) in [5.74, 6) is -12.0. The molecule has 2 aliphatic heterocycles. The molecule has 176 valence electrons. The predicted octanol–water partition coefficient (Wildman–Crippen LogP) is 0.876. The Balaban J connectivity index is 1.77. The number of rotatable bonds is 2. The number of carbonyl (C=O) groups excluding carboxylic acids is 1. The Morgan fingerprint density at radius 2 is 1.68 bits per heavy atom. The molecule has 2 aromatic rings. The number of ketones is 1. The van der Waals surface area contributed by atoms with Crippen LogP contribution in [0.25, 0.3) is 0 Å². The number of phenolic OH excluding ortho intramolecular Hbond substituents is 4. The molecule has 5 rings (SSSR count). The molecule has 4 atom stereocenters. The van der Waals surface area contributed by atoms with Gasteiger partial charge in [0.05, 0.1) is 5.57 Å². The number of hydrogen-bond donors (Lipinski definition) is 7. The van der Waals surface area contributed by atoms with Gasteiger partial charge in [-0.15, -0.1) is 0 Å². The van der Waals surface area contributed by atoms with Crippen molar-refractivity contribution in [1.29, 1.82) is 0 Å². The number of hydrogen-bond acceptors (Lipinski definition) is 11. The van der Waals surface area contributed by atoms with E-state index in [-0.39, 0.29) is 5.56 Å². The van der Waals surface area contributed by atoms with Gasteiger partial charge in [0.25, 0.3) is 0 Å². The minimum atomic E-state index is -3.10. The molecule has 0 radical (unpaired) electrons. The Kier molecular flexibility index (Phi) is 4.36. The molecule has 1 aliphatic carbocycles. The smallest absolute Gasteiger partial charge is 0.335 e. The first kappa shape index (κ1) is 21.6. The minimum absolute atomic E-state index is 0.258. The zero-order valence-corrected chi connectivity index (χ0v) is 16.9. The van der Waals surface area contributed by atoms with Crippen LogP contribution in [-0.4, -0.2) is 65.5 Å². The van der Waals surface area contributed by atoms with Crippen LogP contribution in [0.1, 0.15) is 15.9 Å². The predicted molar refractivity (Wildman–Crippen MR) is 107 cm³/mol. The van der Waals surface area contributed by atoms with Gasteiger partial charge in [0.1, 0.15) is 40.8 Å². The maximum atomic E-state index is 13.5. The molecule has 34 heavy (non-hydrogen) atoms. The third-order valence-corrected chi connectivity index (χ3v) is 5.74. The summed E-state index contributed by atoms with van der Waals surface area (Å²) in [6.45, 7) is 0. The van der Waals surface area contributed by atoms with Crippen molar-refractivity contribution < 1.29 is 59.5 Å². The molecule has 3 aliphatic rings. The number of aliphatic hydroxyl groups excluding tert-OH is 1. The molecule has 2 aromatic carbocycles. The molecule has 4 unspecified atom stereocenters. The second-order valence-electron chi connectivity index (χ2n) is 7.85. The normalized spacial score (nSPS) is 29.6. The van der Waals surface area contributed by atoms with E-state index in [1.807, 2.05) is 0 Å². The fraction of sp³-hybridized carbons (Fsp3) is 0.182. The van der Waals surface area contributed by atoms with Gasteiger partial charge in [0.2, 0.25) is 5.78 Å². The van der Waals surface area contributed by atoms with Gasteiger partial charge in [-0.05, 0) is 30.4 Å². The molecule has 0 aromatic heterocycles. The number of fused-ring (bicyclic) bond motifs is 3. The summed E-state index contributed by atoms with van der Waals surface area (Å²) in [6.07, 6.45) is -1.09. The molecule has 0 amide bonds. The molecule has 1 fully saturated rings. The van der Waals surface area contributed by atoms with Gasteiger partial charge in [-0.25, -0.2) is 4.79 Å². The van der Waals surface area contributed by atoms with E-state index >= 15 is 0 Å². The van der Waals surface area contributed by atoms with E-state index in [2.05, 4.69) is 0 Å². The summed E-state index contributed by atoms with van der Waals surface area (Å²) < 4.78 is 17.3. The molecule has 7 N–H and O–H groups in total. The van der Waals surface area contributed by atoms with Gasteiger partial charge < -0.3 is 50.0 Å². The van der Waals surface area contributed by atoms with Crippen LogP contribution in [0.15, 0.2) is 53.8 Å². The summed E-state index contributed by atoms with van der Waals surface area (Å²) in [5, 5.41) is 71.3. The van der Waals surface area contributed by atoms with E-state index in [0.29, 0.717) is 0 Å². The fourth-order valence-corrected chi connectivity index (χ4v) is 4.18. The van der Waals surface area contributed by atoms with Crippen LogP contribution in [0.2, 0.25) is 0 Å². The summed E-state index contributed by atoms with van der Waals surface area (Å²) in [4.78, 5) is 24.9. The number of carbonyl (C=O) groups is 2. The highest BCUT2D eigenvalue weighted by atomic mass is 16.8. The fourth-order valence-electron chi connectivity index (χ4n) is 4.18. The molecular weight excluding hydrogens is 456 g/mol. The van der Waals surface area contributed by atoms with Crippen LogP contribution in [0, 0.1) is 0 Å². The zero-order valence-electron chi connectivity index (χ0n) is 16.9. The van der Waals surface area contributed by atoms with Crippen LogP contribution in [0.5, 0.6) is 28.7 Å². The van der Waals surface area contributed by atoms with E-state index in [0.717, 1.165) is 42.5 Å². The van der Waals surface area contributed by atoms with Gasteiger partial charge in [0, 0.05) is 17.7 Å². The van der Waals surface area contributed by atoms with Crippen LogP contribution in [0.4, 0.5) is 0 Å². The van der Waals surface area contributed by atoms with E-state index in [1.165, 1.54) is 0 Å². The van der Waals surface area contributed by atoms with E-state index in [4.69, 9.17) is 14.2 Å². The lowest BCUT2D eigenvalue weighted by molar-refractivity contribution is -0.420. The molecule has 12 heteroatoms. The summed E-state index contributed by atoms with van der Waals surface area (Å²) >= 11 is 0. The van der Waals surface area contributed by atoms with Crippen LogP contribution in [-0.2, 0) is 20.1 Å². The molecule has 0 bridgehead atoms. The number of phenols is 4. The van der Waals surface area contributed by atoms with Crippen LogP contribution < -0.4 is 4.74 Å². The monoisotopic (exact) mass is 472 g/mol. The first-order valence-electron chi connectivity index (χ1n) is 9.73. The molecule has 0 saturated carbocycles. The number of aliphatic hydroxyl groups is 2. The maximum absolute atomic E-state index is 13.5. The highest BCUT2D eigenvalue weighted by Crippen LogP contribution is 2.55. The third-order valence-electron chi connectivity index (χ3n) is 5.74. The number of Topliss-reactive ketones (excluding diaryl/α,β-unsaturated/α-hetero) is 1. The number of carboxylic acid groups (broad SMARTS) is 1. The second-order valence-corrected chi connectivity index (χ2v) is 7.85. The molecular formula is C22H16O12. The first-order valence-corrected chi connectivity index (χ1v) is 9.73. The van der Waals surface area contributed by atoms with Gasteiger partial charge >= 0.3 is 17.5 Å². The van der Waals surface area contributed by atoms with Crippen molar-refractivity contribution in [2.24, 2.45) is 0 Å². The van der Waals surface area contributed by atoms with Crippen molar-refractivity contribution in [2.75, 3.05) is 0 Å². The number of aliphatic carboxylic acids is 1. The van der Waals surface area contributed by atoms with Crippen LogP contribution in [0.3, 0.4) is 0 Å². The molecule has 0 spiro atoms. The second kappa shape index (κ2) is 6.87. The largest absolute Gasteiger partial charge is 0.509 e.